The SMILES string of the molecule is CC(C)CCNC(=O)c1ccnc(C(=O)NCCN(C)C)c1. The molecule has 1 aromatic rings. The Balaban J connectivity index is 2.57. The van der Waals surface area contributed by atoms with E-state index in [1.165, 1.54) is 12.3 Å². The number of hydrogen-bond acceptors (Lipinski definition) is 4. The molecule has 22 heavy (non-hydrogen) atoms. The Labute approximate surface area is 132 Å². The molecule has 2 N–H and O–H groups in total. The summed E-state index contributed by atoms with van der Waals surface area (Å²) >= 11 is 0. The molecule has 1 aromatic heterocycles. The number of hydrogen-bond donors (Lipinski definition) is 2. The summed E-state index contributed by atoms with van der Waals surface area (Å²) in [6.45, 7) is 6.13. The minimum absolute atomic E-state index is 0.176. The highest BCUT2D eigenvalue weighted by Crippen LogP contribution is 2.03. The van der Waals surface area contributed by atoms with E-state index in [4.69, 9.17) is 0 Å². The summed E-state index contributed by atoms with van der Waals surface area (Å²) in [6, 6.07) is 3.14. The molecular formula is C16H26N4O2. The van der Waals surface area contributed by atoms with Crippen LogP contribution in [0.1, 0.15) is 41.1 Å². The van der Waals surface area contributed by atoms with Crippen molar-refractivity contribution < 1.29 is 9.59 Å². The Bertz CT molecular complexity index is 459. The first kappa shape index (κ1) is 18.1. The van der Waals surface area contributed by atoms with Crippen LogP contribution in [0.3, 0.4) is 0 Å². The molecule has 6 heteroatoms. The lowest BCUT2D eigenvalue weighted by molar-refractivity contribution is 0.0946. The molecule has 0 saturated heterocycles. The number of carbonyl (C=O) groups is 2. The number of nitrogens with one attached hydrogen (secondary N) is 2. The van der Waals surface area contributed by atoms with Gasteiger partial charge in [0.15, 0.2) is 0 Å². The molecular weight excluding hydrogens is 280 g/mol. The van der Waals surface area contributed by atoms with Gasteiger partial charge in [-0.25, -0.2) is 0 Å². The van der Waals surface area contributed by atoms with Crippen molar-refractivity contribution in [2.75, 3.05) is 33.7 Å². The van der Waals surface area contributed by atoms with Crippen molar-refractivity contribution in [2.45, 2.75) is 20.3 Å². The fourth-order valence-corrected chi connectivity index (χ4v) is 1.76. The average molecular weight is 306 g/mol. The topological polar surface area (TPSA) is 74.3 Å². The number of carbonyl (C=O) groups excluding carboxylic acids is 2. The van der Waals surface area contributed by atoms with E-state index in [1.54, 1.807) is 6.07 Å². The van der Waals surface area contributed by atoms with Crippen molar-refractivity contribution in [3.8, 4) is 0 Å². The van der Waals surface area contributed by atoms with Gasteiger partial charge in [0.2, 0.25) is 0 Å². The van der Waals surface area contributed by atoms with Crippen LogP contribution >= 0.6 is 0 Å². The van der Waals surface area contributed by atoms with E-state index in [1.807, 2.05) is 19.0 Å². The molecule has 0 aliphatic carbocycles. The summed E-state index contributed by atoms with van der Waals surface area (Å²) in [6.07, 6.45) is 2.41. The van der Waals surface area contributed by atoms with Crippen molar-refractivity contribution in [1.82, 2.24) is 20.5 Å². The van der Waals surface area contributed by atoms with Crippen LogP contribution in [0.25, 0.3) is 0 Å². The maximum atomic E-state index is 12.0. The van der Waals surface area contributed by atoms with Crippen LogP contribution < -0.4 is 10.6 Å². The van der Waals surface area contributed by atoms with Crippen molar-refractivity contribution in [2.24, 2.45) is 5.92 Å². The third-order valence-electron chi connectivity index (χ3n) is 3.11. The van der Waals surface area contributed by atoms with E-state index < -0.39 is 0 Å². The van der Waals surface area contributed by atoms with Gasteiger partial charge in [-0.05, 0) is 38.6 Å². The molecule has 0 fully saturated rings. The van der Waals surface area contributed by atoms with E-state index in [2.05, 4.69) is 29.5 Å². The number of amides is 2. The van der Waals surface area contributed by atoms with Crippen LogP contribution in [-0.2, 0) is 0 Å². The maximum absolute atomic E-state index is 12.0. The molecule has 2 amide bonds. The first-order chi connectivity index (χ1) is 10.4. The van der Waals surface area contributed by atoms with Crippen LogP contribution in [-0.4, -0.2) is 55.4 Å². The Morgan fingerprint density at radius 3 is 2.50 bits per heavy atom. The first-order valence-corrected chi connectivity index (χ1v) is 7.57. The van der Waals surface area contributed by atoms with Gasteiger partial charge < -0.3 is 15.5 Å². The molecule has 0 unspecified atom stereocenters. The highest BCUT2D eigenvalue weighted by molar-refractivity contribution is 5.98. The van der Waals surface area contributed by atoms with Crippen molar-refractivity contribution >= 4 is 11.8 Å². The number of pyridine rings is 1. The van der Waals surface area contributed by atoms with E-state index in [0.717, 1.165) is 13.0 Å². The normalized spacial score (nSPS) is 10.8. The highest BCUT2D eigenvalue weighted by Gasteiger charge is 2.11. The first-order valence-electron chi connectivity index (χ1n) is 7.57. The van der Waals surface area contributed by atoms with Gasteiger partial charge >= 0.3 is 0 Å². The molecule has 0 aliphatic rings. The van der Waals surface area contributed by atoms with Gasteiger partial charge in [-0.2, -0.15) is 0 Å². The third kappa shape index (κ3) is 6.67. The summed E-state index contributed by atoms with van der Waals surface area (Å²) in [4.78, 5) is 30.0. The summed E-state index contributed by atoms with van der Waals surface area (Å²) in [5.74, 6) is 0.0971. The molecule has 0 bridgehead atoms. The van der Waals surface area contributed by atoms with Gasteiger partial charge in [0.25, 0.3) is 11.8 Å². The Kier molecular flexibility index (Phi) is 7.52. The molecule has 0 aliphatic heterocycles. The van der Waals surface area contributed by atoms with Crippen LogP contribution in [0.2, 0.25) is 0 Å². The summed E-state index contributed by atoms with van der Waals surface area (Å²) in [5.41, 5.74) is 0.715. The predicted octanol–water partition coefficient (Wildman–Crippen LogP) is 1.15. The lowest BCUT2D eigenvalue weighted by Crippen LogP contribution is -2.32. The van der Waals surface area contributed by atoms with E-state index in [0.29, 0.717) is 24.6 Å². The van der Waals surface area contributed by atoms with Crippen molar-refractivity contribution in [3.05, 3.63) is 29.6 Å². The molecule has 6 nitrogen and oxygen atoms in total. The fourth-order valence-electron chi connectivity index (χ4n) is 1.76. The van der Waals surface area contributed by atoms with Crippen LogP contribution in [0.15, 0.2) is 18.3 Å². The lowest BCUT2D eigenvalue weighted by atomic mass is 10.1. The zero-order valence-electron chi connectivity index (χ0n) is 13.8. The van der Waals surface area contributed by atoms with Gasteiger partial charge in [-0.3, -0.25) is 14.6 Å². The predicted molar refractivity (Wildman–Crippen MR) is 86.9 cm³/mol. The molecule has 1 heterocycles. The molecule has 0 saturated carbocycles. The van der Waals surface area contributed by atoms with E-state index >= 15 is 0 Å². The fraction of sp³-hybridized carbons (Fsp3) is 0.562. The highest BCUT2D eigenvalue weighted by atomic mass is 16.2. The summed E-state index contributed by atoms with van der Waals surface area (Å²) < 4.78 is 0. The molecule has 0 atom stereocenters. The average Bonchev–Trinajstić information content (AvgIpc) is 2.46. The van der Waals surface area contributed by atoms with Gasteiger partial charge in [-0.1, -0.05) is 13.8 Å². The van der Waals surface area contributed by atoms with Gasteiger partial charge in [-0.15, -0.1) is 0 Å². The van der Waals surface area contributed by atoms with E-state index in [-0.39, 0.29) is 17.5 Å². The molecule has 0 radical (unpaired) electrons. The lowest BCUT2D eigenvalue weighted by Gasteiger charge is -2.10. The van der Waals surface area contributed by atoms with Crippen LogP contribution in [0.5, 0.6) is 0 Å². The largest absolute Gasteiger partial charge is 0.352 e. The Morgan fingerprint density at radius 1 is 1.18 bits per heavy atom. The second kappa shape index (κ2) is 9.15. The zero-order valence-corrected chi connectivity index (χ0v) is 13.8. The number of likely N-dealkylation sites (N-methyl/N-ethyl adjacent to an activating group) is 1. The molecule has 122 valence electrons. The number of nitrogens with zero attached hydrogens (tertiary/aromatic N) is 2. The maximum Gasteiger partial charge on any atom is 0.269 e. The summed E-state index contributed by atoms with van der Waals surface area (Å²) in [7, 11) is 3.87. The minimum Gasteiger partial charge on any atom is -0.352 e. The zero-order chi connectivity index (χ0) is 16.5. The van der Waals surface area contributed by atoms with Gasteiger partial charge in [0.05, 0.1) is 0 Å². The standard InChI is InChI=1S/C16H26N4O2/c1-12(2)5-7-18-15(21)13-6-8-17-14(11-13)16(22)19-9-10-20(3)4/h6,8,11-12H,5,7,9-10H2,1-4H3,(H,18,21)(H,19,22). The van der Waals surface area contributed by atoms with Gasteiger partial charge in [0, 0.05) is 31.4 Å². The molecule has 0 spiro atoms. The Hall–Kier alpha value is -1.95. The second-order valence-corrected chi connectivity index (χ2v) is 5.93. The Morgan fingerprint density at radius 2 is 1.86 bits per heavy atom. The molecule has 0 aromatic carbocycles. The number of aromatic nitrogens is 1. The van der Waals surface area contributed by atoms with Crippen molar-refractivity contribution in [1.29, 1.82) is 0 Å². The van der Waals surface area contributed by atoms with Crippen molar-refractivity contribution in [3.63, 3.8) is 0 Å². The smallest absolute Gasteiger partial charge is 0.269 e. The van der Waals surface area contributed by atoms with Crippen LogP contribution in [0, 0.1) is 5.92 Å². The second-order valence-electron chi connectivity index (χ2n) is 5.93. The third-order valence-corrected chi connectivity index (χ3v) is 3.11. The van der Waals surface area contributed by atoms with Gasteiger partial charge in [0.1, 0.15) is 5.69 Å². The minimum atomic E-state index is -0.265. The van der Waals surface area contributed by atoms with E-state index in [9.17, 15) is 9.59 Å². The van der Waals surface area contributed by atoms with Crippen LogP contribution in [0.4, 0.5) is 0 Å². The quantitative estimate of drug-likeness (QED) is 0.755. The monoisotopic (exact) mass is 306 g/mol. The number of rotatable bonds is 8. The summed E-state index contributed by atoms with van der Waals surface area (Å²) in [5, 5.41) is 5.63. The molecule has 1 rings (SSSR count).